The molecule has 178 valence electrons. The number of amides is 1. The molecule has 0 fully saturated rings. The van der Waals surface area contributed by atoms with Crippen LogP contribution in [0.5, 0.6) is 5.75 Å². The maximum Gasteiger partial charge on any atom is 0.255 e. The van der Waals surface area contributed by atoms with Crippen molar-refractivity contribution >= 4 is 49.7 Å². The number of aryl methyl sites for hydroxylation is 1. The molecule has 3 aromatic carbocycles. The molecule has 10 heteroatoms. The zero-order valence-corrected chi connectivity index (χ0v) is 21.7. The summed E-state index contributed by atoms with van der Waals surface area (Å²) < 4.78 is 33.9. The van der Waals surface area contributed by atoms with Gasteiger partial charge in [-0.2, -0.15) is 9.41 Å². The minimum absolute atomic E-state index is 0.0769. The van der Waals surface area contributed by atoms with Crippen LogP contribution in [-0.4, -0.2) is 38.5 Å². The third-order valence-electron chi connectivity index (χ3n) is 4.87. The van der Waals surface area contributed by atoms with E-state index in [0.717, 1.165) is 14.3 Å². The van der Waals surface area contributed by atoms with Gasteiger partial charge in [0.15, 0.2) is 0 Å². The van der Waals surface area contributed by atoms with Crippen LogP contribution in [-0.2, 0) is 21.4 Å². The van der Waals surface area contributed by atoms with E-state index in [4.69, 9.17) is 16.3 Å². The molecule has 0 atom stereocenters. The van der Waals surface area contributed by atoms with Crippen LogP contribution in [0, 0.1) is 6.92 Å². The Bertz CT molecular complexity index is 1300. The van der Waals surface area contributed by atoms with Gasteiger partial charge in [0.05, 0.1) is 24.8 Å². The fourth-order valence-corrected chi connectivity index (χ4v) is 5.03. The molecule has 0 unspecified atom stereocenters. The zero-order valence-electron chi connectivity index (χ0n) is 18.5. The number of carbonyl (C=O) groups is 1. The van der Waals surface area contributed by atoms with Gasteiger partial charge in [0, 0.05) is 21.6 Å². The topological polar surface area (TPSA) is 88.1 Å². The molecule has 0 aliphatic heterocycles. The van der Waals surface area contributed by atoms with Crippen molar-refractivity contribution in [1.82, 2.24) is 9.73 Å². The zero-order chi connectivity index (χ0) is 24.7. The molecule has 7 nitrogen and oxygen atoms in total. The van der Waals surface area contributed by atoms with Crippen LogP contribution < -0.4 is 10.2 Å². The lowest BCUT2D eigenvalue weighted by Gasteiger charge is -2.22. The largest absolute Gasteiger partial charge is 0.496 e. The van der Waals surface area contributed by atoms with Crippen LogP contribution in [0.2, 0.25) is 5.02 Å². The third-order valence-corrected chi connectivity index (χ3v) is 7.54. The van der Waals surface area contributed by atoms with Gasteiger partial charge >= 0.3 is 0 Å². The number of nitrogens with zero attached hydrogens (tertiary/aromatic N) is 2. The van der Waals surface area contributed by atoms with Gasteiger partial charge in [-0.05, 0) is 48.9 Å². The summed E-state index contributed by atoms with van der Waals surface area (Å²) in [7, 11) is -2.46. The fraction of sp³-hybridized carbons (Fsp3) is 0.167. The van der Waals surface area contributed by atoms with Crippen LogP contribution in [0.15, 0.2) is 81.2 Å². The maximum absolute atomic E-state index is 13.4. The first-order valence-corrected chi connectivity index (χ1v) is 12.8. The number of methoxy groups -OCH3 is 1. The van der Waals surface area contributed by atoms with E-state index in [1.165, 1.54) is 25.5 Å². The quantitative estimate of drug-likeness (QED) is 0.300. The molecule has 0 heterocycles. The highest BCUT2D eigenvalue weighted by molar-refractivity contribution is 9.10. The van der Waals surface area contributed by atoms with Crippen molar-refractivity contribution in [2.45, 2.75) is 18.4 Å². The lowest BCUT2D eigenvalue weighted by atomic mass is 10.2. The first kappa shape index (κ1) is 25.9. The summed E-state index contributed by atoms with van der Waals surface area (Å²) in [5, 5.41) is 4.37. The fourth-order valence-electron chi connectivity index (χ4n) is 3.08. The van der Waals surface area contributed by atoms with E-state index in [9.17, 15) is 13.2 Å². The number of sulfonamides is 1. The third kappa shape index (κ3) is 6.66. The van der Waals surface area contributed by atoms with Gasteiger partial charge < -0.3 is 4.74 Å². The number of hydrogen-bond acceptors (Lipinski definition) is 5. The van der Waals surface area contributed by atoms with Gasteiger partial charge in [0.25, 0.3) is 5.91 Å². The first-order chi connectivity index (χ1) is 16.2. The number of benzene rings is 3. The van der Waals surface area contributed by atoms with Crippen LogP contribution in [0.25, 0.3) is 0 Å². The Morgan fingerprint density at radius 3 is 2.53 bits per heavy atom. The highest BCUT2D eigenvalue weighted by Gasteiger charge is 2.27. The van der Waals surface area contributed by atoms with E-state index in [1.807, 2.05) is 13.0 Å². The average Bonchev–Trinajstić information content (AvgIpc) is 2.80. The number of ether oxygens (including phenoxy) is 1. The van der Waals surface area contributed by atoms with Crippen molar-refractivity contribution in [2.24, 2.45) is 5.10 Å². The molecule has 0 aliphatic rings. The predicted molar refractivity (Wildman–Crippen MR) is 137 cm³/mol. The predicted octanol–water partition coefficient (Wildman–Crippen LogP) is 4.76. The van der Waals surface area contributed by atoms with Crippen molar-refractivity contribution in [2.75, 3.05) is 13.7 Å². The van der Waals surface area contributed by atoms with Crippen LogP contribution in [0.3, 0.4) is 0 Å². The maximum atomic E-state index is 13.4. The van der Waals surface area contributed by atoms with Crippen molar-refractivity contribution in [1.29, 1.82) is 0 Å². The molecule has 0 bridgehead atoms. The second-order valence-electron chi connectivity index (χ2n) is 7.36. The second kappa shape index (κ2) is 11.6. The van der Waals surface area contributed by atoms with E-state index in [2.05, 4.69) is 26.5 Å². The van der Waals surface area contributed by atoms with E-state index in [-0.39, 0.29) is 11.4 Å². The minimum Gasteiger partial charge on any atom is -0.496 e. The summed E-state index contributed by atoms with van der Waals surface area (Å²) >= 11 is 9.63. The second-order valence-corrected chi connectivity index (χ2v) is 10.6. The SMILES string of the molecule is COc1ccc(Br)cc1/C=N\NC(=O)CN(Cc1ccccc1Cl)S(=O)(=O)c1ccc(C)cc1. The Morgan fingerprint density at radius 2 is 1.85 bits per heavy atom. The van der Waals surface area contributed by atoms with Crippen molar-refractivity contribution < 1.29 is 17.9 Å². The molecule has 1 N–H and O–H groups in total. The lowest BCUT2D eigenvalue weighted by molar-refractivity contribution is -0.121. The Kier molecular flexibility index (Phi) is 8.84. The number of hydrogen-bond donors (Lipinski definition) is 1. The van der Waals surface area contributed by atoms with Gasteiger partial charge in [0.1, 0.15) is 5.75 Å². The van der Waals surface area contributed by atoms with E-state index in [1.54, 1.807) is 48.5 Å². The lowest BCUT2D eigenvalue weighted by Crippen LogP contribution is -2.39. The number of rotatable bonds is 9. The summed E-state index contributed by atoms with van der Waals surface area (Å²) in [5.41, 5.74) is 4.52. The van der Waals surface area contributed by atoms with Gasteiger partial charge in [-0.1, -0.05) is 63.4 Å². The standard InChI is InChI=1S/C24H23BrClN3O4S/c1-17-7-10-21(11-8-17)34(31,32)29(15-18-5-3-4-6-22(18)26)16-24(30)28-27-14-19-13-20(25)9-12-23(19)33-2/h3-14H,15-16H2,1-2H3,(H,28,30)/b27-14-. The summed E-state index contributed by atoms with van der Waals surface area (Å²) in [6.45, 7) is 1.34. The van der Waals surface area contributed by atoms with Crippen LogP contribution in [0.4, 0.5) is 0 Å². The number of carbonyl (C=O) groups excluding carboxylic acids is 1. The van der Waals surface area contributed by atoms with Crippen molar-refractivity contribution in [3.63, 3.8) is 0 Å². The molecule has 3 aromatic rings. The summed E-state index contributed by atoms with van der Waals surface area (Å²) in [6, 6.07) is 18.7. The van der Waals surface area contributed by atoms with Gasteiger partial charge in [-0.3, -0.25) is 4.79 Å². The molecule has 0 aromatic heterocycles. The Morgan fingerprint density at radius 1 is 1.15 bits per heavy atom. The molecule has 1 amide bonds. The molecule has 3 rings (SSSR count). The highest BCUT2D eigenvalue weighted by Crippen LogP contribution is 2.23. The summed E-state index contributed by atoms with van der Waals surface area (Å²) in [5.74, 6) is -0.0311. The number of halogens is 2. The van der Waals surface area contributed by atoms with Gasteiger partial charge in [0.2, 0.25) is 10.0 Å². The van der Waals surface area contributed by atoms with Crippen molar-refractivity contribution in [3.8, 4) is 5.75 Å². The van der Waals surface area contributed by atoms with Crippen LogP contribution in [0.1, 0.15) is 16.7 Å². The summed E-state index contributed by atoms with van der Waals surface area (Å²) in [4.78, 5) is 12.8. The smallest absolute Gasteiger partial charge is 0.255 e. The molecule has 0 saturated carbocycles. The molecule has 0 saturated heterocycles. The Balaban J connectivity index is 1.82. The van der Waals surface area contributed by atoms with Crippen molar-refractivity contribution in [3.05, 3.63) is 92.9 Å². The van der Waals surface area contributed by atoms with Gasteiger partial charge in [-0.15, -0.1) is 0 Å². The minimum atomic E-state index is -3.99. The Labute approximate surface area is 212 Å². The molecule has 0 spiro atoms. The normalized spacial score (nSPS) is 11.7. The molecular formula is C24H23BrClN3O4S. The number of nitrogens with one attached hydrogen (secondary N) is 1. The molecule has 0 radical (unpaired) electrons. The average molecular weight is 565 g/mol. The van der Waals surface area contributed by atoms with E-state index in [0.29, 0.717) is 21.9 Å². The summed E-state index contributed by atoms with van der Waals surface area (Å²) in [6.07, 6.45) is 1.42. The Hall–Kier alpha value is -2.72. The van der Waals surface area contributed by atoms with Crippen LogP contribution >= 0.6 is 27.5 Å². The molecular weight excluding hydrogens is 542 g/mol. The molecule has 34 heavy (non-hydrogen) atoms. The van der Waals surface area contributed by atoms with E-state index < -0.39 is 22.5 Å². The monoisotopic (exact) mass is 563 g/mol. The van der Waals surface area contributed by atoms with Gasteiger partial charge in [-0.25, -0.2) is 13.8 Å². The first-order valence-electron chi connectivity index (χ1n) is 10.2. The number of hydrazone groups is 1. The van der Waals surface area contributed by atoms with E-state index >= 15 is 0 Å². The molecule has 0 aliphatic carbocycles. The highest BCUT2D eigenvalue weighted by atomic mass is 79.9.